The van der Waals surface area contributed by atoms with Crippen molar-refractivity contribution in [2.45, 2.75) is 32.7 Å². The van der Waals surface area contributed by atoms with E-state index in [1.807, 2.05) is 0 Å². The Morgan fingerprint density at radius 2 is 1.75 bits per heavy atom. The van der Waals surface area contributed by atoms with E-state index in [9.17, 15) is 0 Å². The Morgan fingerprint density at radius 3 is 2.44 bits per heavy atom. The van der Waals surface area contributed by atoms with Crippen molar-refractivity contribution in [3.05, 3.63) is 35.4 Å². The third-order valence-electron chi connectivity index (χ3n) is 3.23. The fourth-order valence-corrected chi connectivity index (χ4v) is 2.18. The molecule has 1 fully saturated rings. The molecule has 0 saturated carbocycles. The number of benzene rings is 1. The van der Waals surface area contributed by atoms with Crippen molar-refractivity contribution in [2.75, 3.05) is 19.8 Å². The van der Waals surface area contributed by atoms with E-state index in [0.717, 1.165) is 13.2 Å². The molecule has 1 aromatic carbocycles. The van der Waals surface area contributed by atoms with Crippen molar-refractivity contribution >= 4 is 0 Å². The Kier molecular flexibility index (Phi) is 4.37. The Labute approximate surface area is 98.7 Å². The molecule has 0 spiro atoms. The molecule has 0 bridgehead atoms. The fourth-order valence-electron chi connectivity index (χ4n) is 2.18. The number of nitrogens with one attached hydrogen (secondary N) is 1. The average molecular weight is 218 g/mol. The van der Waals surface area contributed by atoms with E-state index in [0.29, 0.717) is 0 Å². The molecule has 2 rings (SSSR count). The normalized spacial score (nSPS) is 17.6. The summed E-state index contributed by atoms with van der Waals surface area (Å²) in [5, 5.41) is 3.52. The van der Waals surface area contributed by atoms with Crippen LogP contribution in [0.3, 0.4) is 0 Å². The van der Waals surface area contributed by atoms with Crippen LogP contribution in [0.15, 0.2) is 24.3 Å². The van der Waals surface area contributed by atoms with Gasteiger partial charge in [0.25, 0.3) is 0 Å². The van der Waals surface area contributed by atoms with Gasteiger partial charge >= 0.3 is 0 Å². The number of hydrogen-bond donors (Lipinski definition) is 1. The summed E-state index contributed by atoms with van der Waals surface area (Å²) in [6, 6.07) is 8.77. The molecule has 0 aromatic heterocycles. The van der Waals surface area contributed by atoms with Crippen LogP contribution in [0.4, 0.5) is 0 Å². The van der Waals surface area contributed by atoms with Crippen LogP contribution in [0.2, 0.25) is 0 Å². The van der Waals surface area contributed by atoms with Crippen molar-refractivity contribution in [1.29, 1.82) is 0 Å². The second kappa shape index (κ2) is 6.02. The molecule has 0 amide bonds. The van der Waals surface area contributed by atoms with Crippen LogP contribution in [-0.4, -0.2) is 24.7 Å². The van der Waals surface area contributed by atoms with E-state index >= 15 is 0 Å². The molecule has 88 valence electrons. The Balaban J connectivity index is 1.69. The van der Waals surface area contributed by atoms with Crippen molar-refractivity contribution < 1.29 is 0 Å². The molecule has 0 atom stereocenters. The number of aryl methyl sites for hydroxylation is 1. The van der Waals surface area contributed by atoms with E-state index in [4.69, 9.17) is 0 Å². The van der Waals surface area contributed by atoms with Crippen LogP contribution < -0.4 is 5.32 Å². The van der Waals surface area contributed by atoms with Gasteiger partial charge in [-0.15, -0.1) is 0 Å². The monoisotopic (exact) mass is 218 g/mol. The largest absolute Gasteiger partial charge is 0.300 e. The van der Waals surface area contributed by atoms with Crippen molar-refractivity contribution in [3.8, 4) is 0 Å². The van der Waals surface area contributed by atoms with E-state index in [2.05, 4.69) is 41.4 Å². The molecule has 16 heavy (non-hydrogen) atoms. The third-order valence-corrected chi connectivity index (χ3v) is 3.23. The molecule has 0 aliphatic carbocycles. The summed E-state index contributed by atoms with van der Waals surface area (Å²) in [5.74, 6) is 0. The molecular weight excluding hydrogens is 196 g/mol. The third kappa shape index (κ3) is 3.62. The second-order valence-corrected chi connectivity index (χ2v) is 4.75. The van der Waals surface area contributed by atoms with Gasteiger partial charge in [-0.05, 0) is 38.4 Å². The van der Waals surface area contributed by atoms with Crippen LogP contribution in [0.5, 0.6) is 0 Å². The highest BCUT2D eigenvalue weighted by molar-refractivity contribution is 5.20. The maximum Gasteiger partial charge on any atom is 0.0483 e. The maximum atomic E-state index is 3.52. The topological polar surface area (TPSA) is 15.3 Å². The lowest BCUT2D eigenvalue weighted by Gasteiger charge is -2.26. The Morgan fingerprint density at radius 1 is 1.06 bits per heavy atom. The summed E-state index contributed by atoms with van der Waals surface area (Å²) in [6.45, 7) is 6.68. The van der Waals surface area contributed by atoms with Crippen LogP contribution in [0.1, 0.15) is 30.4 Å². The fraction of sp³-hybridized carbons (Fsp3) is 0.571. The van der Waals surface area contributed by atoms with E-state index in [1.165, 1.54) is 43.5 Å². The number of rotatable bonds is 4. The van der Waals surface area contributed by atoms with E-state index in [1.54, 1.807) is 0 Å². The molecule has 1 aromatic rings. The SMILES string of the molecule is Cc1ccc(CNCN2CCCCC2)cc1. The zero-order valence-corrected chi connectivity index (χ0v) is 10.2. The van der Waals surface area contributed by atoms with Gasteiger partial charge in [0.1, 0.15) is 0 Å². The highest BCUT2D eigenvalue weighted by Crippen LogP contribution is 2.07. The highest BCUT2D eigenvalue weighted by atomic mass is 15.2. The number of likely N-dealkylation sites (tertiary alicyclic amines) is 1. The van der Waals surface area contributed by atoms with Crippen molar-refractivity contribution in [1.82, 2.24) is 10.2 Å². The van der Waals surface area contributed by atoms with Gasteiger partial charge in [0.05, 0.1) is 0 Å². The van der Waals surface area contributed by atoms with Crippen LogP contribution in [0, 0.1) is 6.92 Å². The maximum absolute atomic E-state index is 3.52. The smallest absolute Gasteiger partial charge is 0.0483 e. The number of hydrogen-bond acceptors (Lipinski definition) is 2. The number of piperidine rings is 1. The lowest BCUT2D eigenvalue weighted by Crippen LogP contribution is -2.37. The van der Waals surface area contributed by atoms with Gasteiger partial charge in [0.2, 0.25) is 0 Å². The van der Waals surface area contributed by atoms with E-state index < -0.39 is 0 Å². The molecule has 1 saturated heterocycles. The van der Waals surface area contributed by atoms with Crippen LogP contribution in [0.25, 0.3) is 0 Å². The van der Waals surface area contributed by atoms with Gasteiger partial charge in [-0.1, -0.05) is 36.2 Å². The first kappa shape index (κ1) is 11.6. The molecule has 1 aliphatic heterocycles. The Hall–Kier alpha value is -0.860. The van der Waals surface area contributed by atoms with Gasteiger partial charge in [-0.3, -0.25) is 4.90 Å². The van der Waals surface area contributed by atoms with Gasteiger partial charge in [-0.25, -0.2) is 0 Å². The molecule has 0 unspecified atom stereocenters. The predicted molar refractivity (Wildman–Crippen MR) is 68.3 cm³/mol. The summed E-state index contributed by atoms with van der Waals surface area (Å²) in [7, 11) is 0. The first-order valence-electron chi connectivity index (χ1n) is 6.33. The Bertz CT molecular complexity index is 299. The van der Waals surface area contributed by atoms with Crippen LogP contribution >= 0.6 is 0 Å². The minimum atomic E-state index is 0.983. The quantitative estimate of drug-likeness (QED) is 0.835. The molecule has 2 heteroatoms. The summed E-state index contributed by atoms with van der Waals surface area (Å²) in [4.78, 5) is 2.51. The summed E-state index contributed by atoms with van der Waals surface area (Å²) in [6.07, 6.45) is 4.15. The molecule has 1 N–H and O–H groups in total. The highest BCUT2D eigenvalue weighted by Gasteiger charge is 2.08. The van der Waals surface area contributed by atoms with Gasteiger partial charge in [0.15, 0.2) is 0 Å². The molecule has 2 nitrogen and oxygen atoms in total. The summed E-state index contributed by atoms with van der Waals surface area (Å²) < 4.78 is 0. The molecule has 1 heterocycles. The van der Waals surface area contributed by atoms with Crippen LogP contribution in [-0.2, 0) is 6.54 Å². The van der Waals surface area contributed by atoms with Gasteiger partial charge in [-0.2, -0.15) is 0 Å². The van der Waals surface area contributed by atoms with Crippen molar-refractivity contribution in [3.63, 3.8) is 0 Å². The van der Waals surface area contributed by atoms with E-state index in [-0.39, 0.29) is 0 Å². The standard InChI is InChI=1S/C14H22N2/c1-13-5-7-14(8-6-13)11-15-12-16-9-3-2-4-10-16/h5-8,15H,2-4,9-12H2,1H3. The minimum absolute atomic E-state index is 0.983. The first-order chi connectivity index (χ1) is 7.84. The molecule has 1 aliphatic rings. The molecular formula is C14H22N2. The second-order valence-electron chi connectivity index (χ2n) is 4.75. The zero-order valence-electron chi connectivity index (χ0n) is 10.2. The average Bonchev–Trinajstić information content (AvgIpc) is 2.33. The summed E-state index contributed by atoms with van der Waals surface area (Å²) in [5.41, 5.74) is 2.71. The lowest BCUT2D eigenvalue weighted by atomic mass is 10.1. The molecule has 0 radical (unpaired) electrons. The van der Waals surface area contributed by atoms with Gasteiger partial charge in [0, 0.05) is 13.2 Å². The summed E-state index contributed by atoms with van der Waals surface area (Å²) >= 11 is 0. The lowest BCUT2D eigenvalue weighted by molar-refractivity contribution is 0.212. The zero-order chi connectivity index (χ0) is 11.2. The van der Waals surface area contributed by atoms with Gasteiger partial charge < -0.3 is 5.32 Å². The first-order valence-corrected chi connectivity index (χ1v) is 6.33. The predicted octanol–water partition coefficient (Wildman–Crippen LogP) is 2.53. The van der Waals surface area contributed by atoms with Crippen molar-refractivity contribution in [2.24, 2.45) is 0 Å². The minimum Gasteiger partial charge on any atom is -0.300 e. The number of nitrogens with zero attached hydrogens (tertiary/aromatic N) is 1.